The second-order valence-electron chi connectivity index (χ2n) is 5.91. The summed E-state index contributed by atoms with van der Waals surface area (Å²) in [4.78, 5) is 10.5. The highest BCUT2D eigenvalue weighted by Crippen LogP contribution is 2.33. The van der Waals surface area contributed by atoms with E-state index in [4.69, 9.17) is 9.72 Å². The van der Waals surface area contributed by atoms with Crippen LogP contribution in [0.3, 0.4) is 0 Å². The highest BCUT2D eigenvalue weighted by atomic mass is 16.5. The number of H-pyrrole nitrogens is 1. The van der Waals surface area contributed by atoms with Crippen LogP contribution in [0.4, 0.5) is 0 Å². The third-order valence-electron chi connectivity index (χ3n) is 4.52. The Kier molecular flexibility index (Phi) is 4.26. The molecule has 0 spiro atoms. The molecule has 0 saturated carbocycles. The molecule has 1 aliphatic rings. The van der Waals surface area contributed by atoms with Gasteiger partial charge in [-0.05, 0) is 27.2 Å². The number of likely N-dealkylation sites (tertiary alicyclic amines) is 1. The molecule has 1 fully saturated rings. The fraction of sp³-hybridized carbons (Fsp3) is 0.667. The number of aromatic nitrogens is 5. The number of nitrogens with zero attached hydrogens (tertiary/aromatic N) is 5. The number of aryl methyl sites for hydroxylation is 3. The molecule has 2 aromatic rings. The van der Waals surface area contributed by atoms with E-state index in [2.05, 4.69) is 34.0 Å². The van der Waals surface area contributed by atoms with Crippen molar-refractivity contribution in [3.05, 3.63) is 29.1 Å². The minimum Gasteiger partial charge on any atom is -0.380 e. The van der Waals surface area contributed by atoms with Crippen LogP contribution >= 0.6 is 0 Å². The number of aromatic amines is 1. The van der Waals surface area contributed by atoms with Crippen LogP contribution in [0.25, 0.3) is 0 Å². The summed E-state index contributed by atoms with van der Waals surface area (Å²) in [6.07, 6.45) is 3.04. The molecular weight excluding hydrogens is 280 g/mol. The van der Waals surface area contributed by atoms with Gasteiger partial charge >= 0.3 is 0 Å². The third-order valence-corrected chi connectivity index (χ3v) is 4.52. The lowest BCUT2D eigenvalue weighted by atomic mass is 10.2. The first kappa shape index (κ1) is 15.2. The molecule has 1 aliphatic heterocycles. The first-order valence-electron chi connectivity index (χ1n) is 7.79. The maximum atomic E-state index is 5.58. The Hall–Kier alpha value is -1.73. The largest absolute Gasteiger partial charge is 0.380 e. The molecule has 0 amide bonds. The van der Waals surface area contributed by atoms with E-state index in [9.17, 15) is 0 Å². The summed E-state index contributed by atoms with van der Waals surface area (Å²) >= 11 is 0. The molecule has 7 nitrogen and oxygen atoms in total. The van der Waals surface area contributed by atoms with Crippen molar-refractivity contribution in [2.45, 2.75) is 52.4 Å². The number of hydrogen-bond donors (Lipinski definition) is 1. The monoisotopic (exact) mass is 304 g/mol. The van der Waals surface area contributed by atoms with Crippen LogP contribution in [0.5, 0.6) is 0 Å². The van der Waals surface area contributed by atoms with E-state index in [1.807, 2.05) is 17.8 Å². The van der Waals surface area contributed by atoms with Crippen LogP contribution in [0, 0.1) is 13.8 Å². The van der Waals surface area contributed by atoms with Gasteiger partial charge in [0.05, 0.1) is 29.7 Å². The first-order chi connectivity index (χ1) is 10.6. The predicted molar refractivity (Wildman–Crippen MR) is 82.3 cm³/mol. The van der Waals surface area contributed by atoms with Crippen LogP contribution in [0.1, 0.15) is 42.3 Å². The van der Waals surface area contributed by atoms with Gasteiger partial charge in [0.2, 0.25) is 0 Å². The molecule has 0 radical (unpaired) electrons. The first-order valence-corrected chi connectivity index (χ1v) is 7.79. The summed E-state index contributed by atoms with van der Waals surface area (Å²) in [6.45, 7) is 8.73. The molecule has 7 heteroatoms. The van der Waals surface area contributed by atoms with Crippen molar-refractivity contribution in [3.8, 4) is 0 Å². The zero-order chi connectivity index (χ0) is 15.7. The summed E-state index contributed by atoms with van der Waals surface area (Å²) in [5.74, 6) is 1.03. The van der Waals surface area contributed by atoms with Crippen LogP contribution < -0.4 is 0 Å². The molecular formula is C15H24N6O. The van der Waals surface area contributed by atoms with Crippen molar-refractivity contribution in [2.75, 3.05) is 13.7 Å². The summed E-state index contributed by atoms with van der Waals surface area (Å²) in [5, 5.41) is 8.14. The average molecular weight is 304 g/mol. The van der Waals surface area contributed by atoms with E-state index in [-0.39, 0.29) is 12.1 Å². The van der Waals surface area contributed by atoms with Crippen molar-refractivity contribution in [1.82, 2.24) is 29.9 Å². The average Bonchev–Trinajstić information content (AvgIpc) is 3.19. The fourth-order valence-electron chi connectivity index (χ4n) is 3.10. The maximum absolute atomic E-state index is 5.58. The number of methoxy groups -OCH3 is 1. The quantitative estimate of drug-likeness (QED) is 0.908. The molecule has 1 N–H and O–H groups in total. The van der Waals surface area contributed by atoms with Crippen molar-refractivity contribution in [1.29, 1.82) is 0 Å². The number of nitrogens with one attached hydrogen (secondary N) is 1. The van der Waals surface area contributed by atoms with Crippen LogP contribution in [-0.2, 0) is 17.8 Å². The second kappa shape index (κ2) is 6.18. The Morgan fingerprint density at radius 1 is 1.41 bits per heavy atom. The molecule has 22 heavy (non-hydrogen) atoms. The van der Waals surface area contributed by atoms with E-state index >= 15 is 0 Å². The topological polar surface area (TPSA) is 71.9 Å². The van der Waals surface area contributed by atoms with Crippen LogP contribution in [-0.4, -0.2) is 49.6 Å². The standard InChI is InChI=1S/C15H24N6O/c1-5-21-12(7-16-19-21)8-20-9-13(22-4)6-14(20)15-17-10(2)11(3)18-15/h7,13-14H,5-6,8-9H2,1-4H3,(H,17,18)/t13-,14+/m1/s1. The third kappa shape index (κ3) is 2.78. The highest BCUT2D eigenvalue weighted by Gasteiger charge is 2.35. The summed E-state index contributed by atoms with van der Waals surface area (Å²) < 4.78 is 7.52. The zero-order valence-corrected chi connectivity index (χ0v) is 13.7. The molecule has 3 rings (SSSR count). The molecule has 2 aromatic heterocycles. The summed E-state index contributed by atoms with van der Waals surface area (Å²) in [5.41, 5.74) is 3.33. The molecule has 0 aromatic carbocycles. The molecule has 120 valence electrons. The number of imidazole rings is 1. The normalized spacial score (nSPS) is 22.5. The summed E-state index contributed by atoms with van der Waals surface area (Å²) in [6, 6.07) is 0.248. The van der Waals surface area contributed by atoms with Gasteiger partial charge in [0.1, 0.15) is 5.82 Å². The maximum Gasteiger partial charge on any atom is 0.124 e. The number of hydrogen-bond acceptors (Lipinski definition) is 5. The van der Waals surface area contributed by atoms with Gasteiger partial charge in [0.15, 0.2) is 0 Å². The lowest BCUT2D eigenvalue weighted by Crippen LogP contribution is -2.26. The van der Waals surface area contributed by atoms with Crippen molar-refractivity contribution >= 4 is 0 Å². The molecule has 2 atom stereocenters. The lowest BCUT2D eigenvalue weighted by Gasteiger charge is -2.22. The Balaban J connectivity index is 1.83. The van der Waals surface area contributed by atoms with E-state index in [0.29, 0.717) is 0 Å². The minimum absolute atomic E-state index is 0.238. The van der Waals surface area contributed by atoms with Gasteiger partial charge in [0, 0.05) is 32.4 Å². The molecule has 3 heterocycles. The van der Waals surface area contributed by atoms with Gasteiger partial charge in [-0.2, -0.15) is 0 Å². The van der Waals surface area contributed by atoms with Gasteiger partial charge in [-0.15, -0.1) is 5.10 Å². The van der Waals surface area contributed by atoms with E-state index in [1.165, 1.54) is 0 Å². The van der Waals surface area contributed by atoms with E-state index in [1.54, 1.807) is 7.11 Å². The Morgan fingerprint density at radius 2 is 2.23 bits per heavy atom. The van der Waals surface area contributed by atoms with Gasteiger partial charge in [-0.25, -0.2) is 9.67 Å². The fourth-order valence-corrected chi connectivity index (χ4v) is 3.10. The minimum atomic E-state index is 0.238. The Labute approximate surface area is 130 Å². The van der Waals surface area contributed by atoms with Gasteiger partial charge < -0.3 is 9.72 Å². The molecule has 0 unspecified atom stereocenters. The summed E-state index contributed by atoms with van der Waals surface area (Å²) in [7, 11) is 1.78. The molecule has 0 aliphatic carbocycles. The van der Waals surface area contributed by atoms with Crippen molar-refractivity contribution in [2.24, 2.45) is 0 Å². The van der Waals surface area contributed by atoms with Crippen LogP contribution in [0.15, 0.2) is 6.20 Å². The van der Waals surface area contributed by atoms with Gasteiger partial charge in [0.25, 0.3) is 0 Å². The van der Waals surface area contributed by atoms with Gasteiger partial charge in [-0.3, -0.25) is 4.90 Å². The van der Waals surface area contributed by atoms with Crippen molar-refractivity contribution < 1.29 is 4.74 Å². The zero-order valence-electron chi connectivity index (χ0n) is 13.7. The number of rotatable bonds is 5. The smallest absolute Gasteiger partial charge is 0.124 e. The van der Waals surface area contributed by atoms with Crippen molar-refractivity contribution in [3.63, 3.8) is 0 Å². The highest BCUT2D eigenvalue weighted by molar-refractivity contribution is 5.15. The Bertz CT molecular complexity index is 614. The van der Waals surface area contributed by atoms with Gasteiger partial charge in [-0.1, -0.05) is 5.21 Å². The lowest BCUT2D eigenvalue weighted by molar-refractivity contribution is 0.107. The number of ether oxygens (including phenoxy) is 1. The van der Waals surface area contributed by atoms with E-state index < -0.39 is 0 Å². The molecule has 0 bridgehead atoms. The predicted octanol–water partition coefficient (Wildman–Crippen LogP) is 1.60. The van der Waals surface area contributed by atoms with Crippen LogP contribution in [0.2, 0.25) is 0 Å². The van der Waals surface area contributed by atoms with E-state index in [0.717, 1.165) is 49.0 Å². The Morgan fingerprint density at radius 3 is 2.86 bits per heavy atom. The second-order valence-corrected chi connectivity index (χ2v) is 5.91. The molecule has 1 saturated heterocycles. The SMILES string of the molecule is CCn1nncc1CN1C[C@H](OC)C[C@H]1c1nc(C)c(C)[nH]1.